The van der Waals surface area contributed by atoms with Crippen molar-refractivity contribution in [3.05, 3.63) is 130 Å². The number of hydrogen-bond donors (Lipinski definition) is 2. The Hall–Kier alpha value is -5.08. The van der Waals surface area contributed by atoms with Gasteiger partial charge in [0.1, 0.15) is 17.8 Å². The van der Waals surface area contributed by atoms with Crippen molar-refractivity contribution in [2.45, 2.75) is 25.0 Å². The first-order valence-electron chi connectivity index (χ1n) is 14.0. The number of benzene rings is 4. The Kier molecular flexibility index (Phi) is 6.63. The molecule has 0 spiro atoms. The summed E-state index contributed by atoms with van der Waals surface area (Å²) in [6.45, 7) is 0.215. The molecule has 0 aliphatic carbocycles. The van der Waals surface area contributed by atoms with Crippen LogP contribution in [0.4, 0.5) is 10.5 Å². The maximum atomic E-state index is 14.3. The van der Waals surface area contributed by atoms with Crippen molar-refractivity contribution in [1.82, 2.24) is 15.2 Å². The van der Waals surface area contributed by atoms with Crippen LogP contribution in [-0.2, 0) is 17.8 Å². The highest BCUT2D eigenvalue weighted by Crippen LogP contribution is 2.45. The van der Waals surface area contributed by atoms with Crippen molar-refractivity contribution in [2.24, 2.45) is 0 Å². The highest BCUT2D eigenvalue weighted by atomic mass is 35.5. The number of carbonyl (C=O) groups is 3. The molecule has 0 unspecified atom stereocenters. The SMILES string of the molecule is COc1ccccc1CNC(=O)c1ccccc1N1C(=O)[C@@H]2Cc3c([nH]c4ccccc34)[C@H](c3cccc(Cl)c3)N2C1=O. The number of imide groups is 1. The van der Waals surface area contributed by atoms with E-state index in [2.05, 4.69) is 10.3 Å². The smallest absolute Gasteiger partial charge is 0.332 e. The first-order chi connectivity index (χ1) is 21.0. The van der Waals surface area contributed by atoms with E-state index in [0.717, 1.165) is 38.2 Å². The fraction of sp³-hybridized carbons (Fsp3) is 0.147. The maximum absolute atomic E-state index is 14.3. The van der Waals surface area contributed by atoms with Gasteiger partial charge in [0.05, 0.1) is 18.4 Å². The molecular weight excluding hydrogens is 564 g/mol. The predicted octanol–water partition coefficient (Wildman–Crippen LogP) is 6.24. The van der Waals surface area contributed by atoms with E-state index in [1.165, 1.54) is 0 Å². The van der Waals surface area contributed by atoms with Gasteiger partial charge in [0.25, 0.3) is 11.8 Å². The predicted molar refractivity (Wildman–Crippen MR) is 164 cm³/mol. The van der Waals surface area contributed by atoms with Crippen LogP contribution >= 0.6 is 11.6 Å². The Labute approximate surface area is 252 Å². The second-order valence-electron chi connectivity index (χ2n) is 10.6. The minimum Gasteiger partial charge on any atom is -0.496 e. The number of fused-ring (bicyclic) bond motifs is 4. The fourth-order valence-corrected chi connectivity index (χ4v) is 6.50. The summed E-state index contributed by atoms with van der Waals surface area (Å²) in [7, 11) is 1.57. The van der Waals surface area contributed by atoms with Crippen LogP contribution in [0.2, 0.25) is 5.02 Å². The quantitative estimate of drug-likeness (QED) is 0.229. The third-order valence-corrected chi connectivity index (χ3v) is 8.47. The molecule has 5 aromatic rings. The summed E-state index contributed by atoms with van der Waals surface area (Å²) in [5.74, 6) is -0.131. The molecule has 9 heteroatoms. The van der Waals surface area contributed by atoms with E-state index in [1.54, 1.807) is 42.3 Å². The summed E-state index contributed by atoms with van der Waals surface area (Å²) < 4.78 is 5.41. The van der Waals surface area contributed by atoms with Crippen molar-refractivity contribution in [3.8, 4) is 5.75 Å². The summed E-state index contributed by atoms with van der Waals surface area (Å²) in [5, 5.41) is 4.46. The number of carbonyl (C=O) groups excluding carboxylic acids is 3. The minimum absolute atomic E-state index is 0.215. The summed E-state index contributed by atoms with van der Waals surface area (Å²) >= 11 is 6.41. The van der Waals surface area contributed by atoms with Crippen molar-refractivity contribution in [3.63, 3.8) is 0 Å². The molecule has 2 aliphatic heterocycles. The molecule has 0 bridgehead atoms. The normalized spacial score (nSPS) is 17.6. The molecule has 1 saturated heterocycles. The van der Waals surface area contributed by atoms with Gasteiger partial charge in [-0.2, -0.15) is 0 Å². The van der Waals surface area contributed by atoms with Crippen LogP contribution < -0.4 is 15.0 Å². The lowest BCUT2D eigenvalue weighted by atomic mass is 9.89. The number of amides is 4. The number of nitrogens with zero attached hydrogens (tertiary/aromatic N) is 2. The number of urea groups is 1. The van der Waals surface area contributed by atoms with Gasteiger partial charge in [-0.05, 0) is 47.5 Å². The first kappa shape index (κ1) is 26.8. The molecule has 8 nitrogen and oxygen atoms in total. The molecule has 4 aromatic carbocycles. The summed E-state index contributed by atoms with van der Waals surface area (Å²) in [6.07, 6.45) is 0.347. The van der Waals surface area contributed by atoms with Gasteiger partial charge in [0.2, 0.25) is 0 Å². The molecule has 2 N–H and O–H groups in total. The molecule has 0 saturated carbocycles. The topological polar surface area (TPSA) is 94.7 Å². The van der Waals surface area contributed by atoms with E-state index in [1.807, 2.05) is 66.7 Å². The second kappa shape index (κ2) is 10.6. The van der Waals surface area contributed by atoms with Gasteiger partial charge in [0.15, 0.2) is 0 Å². The zero-order chi connectivity index (χ0) is 29.7. The van der Waals surface area contributed by atoms with E-state index < -0.39 is 24.0 Å². The number of methoxy groups -OCH3 is 1. The van der Waals surface area contributed by atoms with Gasteiger partial charge >= 0.3 is 6.03 Å². The molecule has 7 rings (SSSR count). The van der Waals surface area contributed by atoms with Crippen molar-refractivity contribution < 1.29 is 19.1 Å². The lowest BCUT2D eigenvalue weighted by molar-refractivity contribution is -0.120. The average molecular weight is 591 g/mol. The number of H-pyrrole nitrogens is 1. The van der Waals surface area contributed by atoms with Crippen LogP contribution in [0.1, 0.15) is 38.8 Å². The molecule has 0 radical (unpaired) electrons. The third kappa shape index (κ3) is 4.42. The van der Waals surface area contributed by atoms with Crippen LogP contribution in [0.15, 0.2) is 97.1 Å². The standard InChI is InChI=1S/C34H27ClN4O4/c1-43-29-16-7-2-9-21(29)19-36-32(40)24-13-4-6-15-27(24)39-33(41)28-18-25-23-12-3-5-14-26(23)37-30(25)31(38(28)34(39)42)20-10-8-11-22(35)17-20/h2-17,28,31,37H,18-19H2,1H3,(H,36,40)/t28-,31-/m0/s1. The van der Waals surface area contributed by atoms with E-state index in [-0.39, 0.29) is 23.7 Å². The fourth-order valence-electron chi connectivity index (χ4n) is 6.30. The van der Waals surface area contributed by atoms with Crippen LogP contribution in [0.5, 0.6) is 5.75 Å². The molecule has 214 valence electrons. The highest BCUT2D eigenvalue weighted by Gasteiger charge is 2.53. The van der Waals surface area contributed by atoms with Crippen LogP contribution in [0, 0.1) is 0 Å². The van der Waals surface area contributed by atoms with Crippen LogP contribution in [-0.4, -0.2) is 40.9 Å². The number of aromatic amines is 1. The first-order valence-corrected chi connectivity index (χ1v) is 14.3. The molecule has 3 heterocycles. The number of aromatic nitrogens is 1. The minimum atomic E-state index is -0.757. The van der Waals surface area contributed by atoms with Gasteiger partial charge in [0, 0.05) is 40.1 Å². The number of rotatable bonds is 6. The summed E-state index contributed by atoms with van der Waals surface area (Å²) in [4.78, 5) is 48.3. The maximum Gasteiger partial charge on any atom is 0.332 e. The third-order valence-electron chi connectivity index (χ3n) is 8.24. The molecule has 1 aromatic heterocycles. The second-order valence-corrected chi connectivity index (χ2v) is 11.1. The zero-order valence-corrected chi connectivity index (χ0v) is 24.0. The van der Waals surface area contributed by atoms with Crippen LogP contribution in [0.25, 0.3) is 10.9 Å². The number of ether oxygens (including phenoxy) is 1. The molecule has 2 aliphatic rings. The number of hydrogen-bond acceptors (Lipinski definition) is 4. The van der Waals surface area contributed by atoms with Gasteiger partial charge in [-0.3, -0.25) is 14.5 Å². The number of nitrogens with one attached hydrogen (secondary N) is 2. The molecular formula is C34H27ClN4O4. The lowest BCUT2D eigenvalue weighted by Crippen LogP contribution is -2.44. The highest BCUT2D eigenvalue weighted by molar-refractivity contribution is 6.30. The molecule has 43 heavy (non-hydrogen) atoms. The van der Waals surface area contributed by atoms with E-state index in [0.29, 0.717) is 17.2 Å². The van der Waals surface area contributed by atoms with E-state index in [4.69, 9.17) is 16.3 Å². The van der Waals surface area contributed by atoms with Crippen molar-refractivity contribution >= 4 is 46.0 Å². The molecule has 1 fully saturated rings. The van der Waals surface area contributed by atoms with Gasteiger partial charge in [-0.25, -0.2) is 9.69 Å². The van der Waals surface area contributed by atoms with Gasteiger partial charge < -0.3 is 15.0 Å². The average Bonchev–Trinajstić information content (AvgIpc) is 3.52. The molecule has 4 amide bonds. The van der Waals surface area contributed by atoms with E-state index >= 15 is 0 Å². The monoisotopic (exact) mass is 590 g/mol. The zero-order valence-electron chi connectivity index (χ0n) is 23.2. The number of halogens is 1. The Bertz CT molecular complexity index is 1920. The summed E-state index contributed by atoms with van der Waals surface area (Å²) in [5.41, 5.74) is 4.84. The van der Waals surface area contributed by atoms with Gasteiger partial charge in [-0.15, -0.1) is 0 Å². The largest absolute Gasteiger partial charge is 0.496 e. The Morgan fingerprint density at radius 2 is 1.74 bits per heavy atom. The molecule has 2 atom stereocenters. The number of anilines is 1. The Balaban J connectivity index is 1.27. The van der Waals surface area contributed by atoms with Crippen molar-refractivity contribution in [1.29, 1.82) is 0 Å². The van der Waals surface area contributed by atoms with Gasteiger partial charge in [-0.1, -0.05) is 72.3 Å². The lowest BCUT2D eigenvalue weighted by Gasteiger charge is -2.36. The van der Waals surface area contributed by atoms with Crippen LogP contribution in [0.3, 0.4) is 0 Å². The Morgan fingerprint density at radius 3 is 2.58 bits per heavy atom. The van der Waals surface area contributed by atoms with E-state index in [9.17, 15) is 14.4 Å². The Morgan fingerprint density at radius 1 is 0.977 bits per heavy atom. The summed E-state index contributed by atoms with van der Waals surface area (Å²) in [6, 6.07) is 27.5. The number of para-hydroxylation sites is 3. The van der Waals surface area contributed by atoms with Crippen molar-refractivity contribution in [2.75, 3.05) is 12.0 Å².